The Hall–Kier alpha value is -0.870. The maximum atomic E-state index is 10.6. The molecule has 16 heavy (non-hydrogen) atoms. The van der Waals surface area contributed by atoms with Crippen LogP contribution in [0.15, 0.2) is 17.5 Å². The molecule has 0 spiro atoms. The molecule has 4 heteroatoms. The predicted molar refractivity (Wildman–Crippen MR) is 66.8 cm³/mol. The molecular weight excluding hydrogens is 222 g/mol. The van der Waals surface area contributed by atoms with Gasteiger partial charge in [-0.3, -0.25) is 9.69 Å². The van der Waals surface area contributed by atoms with E-state index in [1.807, 2.05) is 6.07 Å². The quantitative estimate of drug-likeness (QED) is 0.832. The molecule has 0 aliphatic rings. The molecule has 1 atom stereocenters. The van der Waals surface area contributed by atoms with Crippen LogP contribution >= 0.6 is 11.3 Å². The van der Waals surface area contributed by atoms with Gasteiger partial charge < -0.3 is 5.11 Å². The Morgan fingerprint density at radius 1 is 1.50 bits per heavy atom. The zero-order valence-corrected chi connectivity index (χ0v) is 10.8. The van der Waals surface area contributed by atoms with E-state index in [-0.39, 0.29) is 6.42 Å². The van der Waals surface area contributed by atoms with Crippen molar-refractivity contribution in [2.45, 2.75) is 39.3 Å². The van der Waals surface area contributed by atoms with Crippen LogP contribution in [0.25, 0.3) is 0 Å². The van der Waals surface area contributed by atoms with Gasteiger partial charge in [0.1, 0.15) is 0 Å². The van der Waals surface area contributed by atoms with E-state index in [9.17, 15) is 4.79 Å². The summed E-state index contributed by atoms with van der Waals surface area (Å²) in [5, 5.41) is 10.8. The maximum absolute atomic E-state index is 10.6. The smallest absolute Gasteiger partial charge is 0.304 e. The topological polar surface area (TPSA) is 40.5 Å². The molecule has 90 valence electrons. The second kappa shape index (κ2) is 6.01. The van der Waals surface area contributed by atoms with Gasteiger partial charge in [-0.1, -0.05) is 6.07 Å². The summed E-state index contributed by atoms with van der Waals surface area (Å²) in [5.41, 5.74) is 0. The molecule has 3 nitrogen and oxygen atoms in total. The Morgan fingerprint density at radius 2 is 2.19 bits per heavy atom. The molecule has 1 heterocycles. The van der Waals surface area contributed by atoms with Gasteiger partial charge in [-0.15, -0.1) is 11.3 Å². The number of rotatable bonds is 6. The van der Waals surface area contributed by atoms with Gasteiger partial charge in [-0.25, -0.2) is 0 Å². The number of carbonyl (C=O) groups is 1. The number of hydrogen-bond acceptors (Lipinski definition) is 3. The van der Waals surface area contributed by atoms with Crippen LogP contribution in [-0.2, 0) is 4.79 Å². The van der Waals surface area contributed by atoms with E-state index in [0.717, 1.165) is 0 Å². The zero-order chi connectivity index (χ0) is 12.1. The average Bonchev–Trinajstić information content (AvgIpc) is 2.69. The SMILES string of the molecule is CC(C)N(CCC(=O)O)C(C)c1cccs1. The minimum absolute atomic E-state index is 0.202. The fourth-order valence-electron chi connectivity index (χ4n) is 1.82. The first-order chi connectivity index (χ1) is 7.52. The van der Waals surface area contributed by atoms with E-state index >= 15 is 0 Å². The lowest BCUT2D eigenvalue weighted by molar-refractivity contribution is -0.137. The van der Waals surface area contributed by atoms with Gasteiger partial charge in [-0.2, -0.15) is 0 Å². The third kappa shape index (κ3) is 3.61. The fourth-order valence-corrected chi connectivity index (χ4v) is 2.62. The molecule has 1 aromatic heterocycles. The van der Waals surface area contributed by atoms with E-state index < -0.39 is 5.97 Å². The third-order valence-corrected chi connectivity index (χ3v) is 3.74. The van der Waals surface area contributed by atoms with Crippen molar-refractivity contribution < 1.29 is 9.90 Å². The molecule has 1 rings (SSSR count). The molecule has 0 saturated carbocycles. The minimum atomic E-state index is -0.732. The van der Waals surface area contributed by atoms with Crippen LogP contribution in [0.1, 0.15) is 38.1 Å². The number of aliphatic carboxylic acids is 1. The van der Waals surface area contributed by atoms with Crippen LogP contribution in [-0.4, -0.2) is 28.6 Å². The highest BCUT2D eigenvalue weighted by Gasteiger charge is 2.19. The van der Waals surface area contributed by atoms with E-state index in [2.05, 4.69) is 37.1 Å². The van der Waals surface area contributed by atoms with Crippen molar-refractivity contribution in [1.29, 1.82) is 0 Å². The van der Waals surface area contributed by atoms with Gasteiger partial charge in [0.2, 0.25) is 0 Å². The van der Waals surface area contributed by atoms with Gasteiger partial charge in [0, 0.05) is 23.5 Å². The predicted octanol–water partition coefficient (Wildman–Crippen LogP) is 2.99. The Kier molecular flexibility index (Phi) is 4.96. The van der Waals surface area contributed by atoms with Crippen LogP contribution in [0.3, 0.4) is 0 Å². The molecule has 0 aromatic carbocycles. The van der Waals surface area contributed by atoms with E-state index in [1.54, 1.807) is 11.3 Å². The van der Waals surface area contributed by atoms with E-state index in [4.69, 9.17) is 5.11 Å². The minimum Gasteiger partial charge on any atom is -0.481 e. The first kappa shape index (κ1) is 13.2. The Bertz CT molecular complexity index is 322. The van der Waals surface area contributed by atoms with Crippen molar-refractivity contribution in [1.82, 2.24) is 4.90 Å². The molecule has 1 aromatic rings. The first-order valence-corrected chi connectivity index (χ1v) is 6.41. The summed E-state index contributed by atoms with van der Waals surface area (Å²) >= 11 is 1.72. The van der Waals surface area contributed by atoms with Crippen molar-refractivity contribution in [3.8, 4) is 0 Å². The van der Waals surface area contributed by atoms with Crippen LogP contribution in [0.4, 0.5) is 0 Å². The largest absolute Gasteiger partial charge is 0.481 e. The molecule has 0 aliphatic heterocycles. The first-order valence-electron chi connectivity index (χ1n) is 5.53. The molecule has 1 unspecified atom stereocenters. The van der Waals surface area contributed by atoms with Crippen molar-refractivity contribution in [3.05, 3.63) is 22.4 Å². The average molecular weight is 241 g/mol. The lowest BCUT2D eigenvalue weighted by atomic mass is 10.1. The van der Waals surface area contributed by atoms with E-state index in [1.165, 1.54) is 4.88 Å². The second-order valence-electron chi connectivity index (χ2n) is 4.17. The molecule has 0 bridgehead atoms. The van der Waals surface area contributed by atoms with Gasteiger partial charge >= 0.3 is 5.97 Å². The highest BCUT2D eigenvalue weighted by atomic mass is 32.1. The normalized spacial score (nSPS) is 13.3. The highest BCUT2D eigenvalue weighted by molar-refractivity contribution is 7.10. The van der Waals surface area contributed by atoms with Crippen LogP contribution in [0.5, 0.6) is 0 Å². The Labute approximate surface area is 101 Å². The number of nitrogens with zero attached hydrogens (tertiary/aromatic N) is 1. The van der Waals surface area contributed by atoms with Crippen LogP contribution in [0.2, 0.25) is 0 Å². The molecule has 0 saturated heterocycles. The van der Waals surface area contributed by atoms with Gasteiger partial charge in [0.15, 0.2) is 0 Å². The van der Waals surface area contributed by atoms with Gasteiger partial charge in [0.05, 0.1) is 6.42 Å². The molecule has 0 radical (unpaired) electrons. The number of carboxylic acid groups (broad SMARTS) is 1. The summed E-state index contributed by atoms with van der Waals surface area (Å²) in [6.45, 7) is 6.94. The lowest BCUT2D eigenvalue weighted by Crippen LogP contribution is -2.35. The maximum Gasteiger partial charge on any atom is 0.304 e. The second-order valence-corrected chi connectivity index (χ2v) is 5.15. The summed E-state index contributed by atoms with van der Waals surface area (Å²) in [4.78, 5) is 14.1. The summed E-state index contributed by atoms with van der Waals surface area (Å²) in [6.07, 6.45) is 0.202. The number of carboxylic acids is 1. The van der Waals surface area contributed by atoms with Crippen molar-refractivity contribution >= 4 is 17.3 Å². The highest BCUT2D eigenvalue weighted by Crippen LogP contribution is 2.26. The van der Waals surface area contributed by atoms with Crippen molar-refractivity contribution in [2.75, 3.05) is 6.54 Å². The molecular formula is C12H19NO2S. The molecule has 0 amide bonds. The third-order valence-electron chi connectivity index (χ3n) is 2.70. The Morgan fingerprint density at radius 3 is 2.62 bits per heavy atom. The molecule has 0 aliphatic carbocycles. The van der Waals surface area contributed by atoms with Crippen LogP contribution in [0, 0.1) is 0 Å². The van der Waals surface area contributed by atoms with E-state index in [0.29, 0.717) is 18.6 Å². The fraction of sp³-hybridized carbons (Fsp3) is 0.583. The summed E-state index contributed by atoms with van der Waals surface area (Å²) in [6, 6.07) is 4.79. The molecule has 1 N–H and O–H groups in total. The Balaban J connectivity index is 2.66. The summed E-state index contributed by atoms with van der Waals surface area (Å²) in [5.74, 6) is -0.732. The molecule has 0 fully saturated rings. The monoisotopic (exact) mass is 241 g/mol. The summed E-state index contributed by atoms with van der Waals surface area (Å²) in [7, 11) is 0. The zero-order valence-electron chi connectivity index (χ0n) is 10.0. The van der Waals surface area contributed by atoms with Crippen molar-refractivity contribution in [2.24, 2.45) is 0 Å². The van der Waals surface area contributed by atoms with Crippen molar-refractivity contribution in [3.63, 3.8) is 0 Å². The van der Waals surface area contributed by atoms with Crippen LogP contribution < -0.4 is 0 Å². The number of hydrogen-bond donors (Lipinski definition) is 1. The summed E-state index contributed by atoms with van der Waals surface area (Å²) < 4.78 is 0. The lowest BCUT2D eigenvalue weighted by Gasteiger charge is -2.31. The number of thiophene rings is 1. The van der Waals surface area contributed by atoms with Gasteiger partial charge in [0.25, 0.3) is 0 Å². The van der Waals surface area contributed by atoms with Gasteiger partial charge in [-0.05, 0) is 32.2 Å². The standard InChI is InChI=1S/C12H19NO2S/c1-9(2)13(7-6-12(14)15)10(3)11-5-4-8-16-11/h4-5,8-10H,6-7H2,1-3H3,(H,14,15).